The van der Waals surface area contributed by atoms with Gasteiger partial charge in [-0.2, -0.15) is 0 Å². The highest BCUT2D eigenvalue weighted by Gasteiger charge is 2.07. The first-order valence-electron chi connectivity index (χ1n) is 7.91. The topological polar surface area (TPSA) is 0 Å². The lowest BCUT2D eigenvalue weighted by atomic mass is 9.90. The van der Waals surface area contributed by atoms with Gasteiger partial charge in [0.05, 0.1) is 0 Å². The standard InChI is InChI=1S/C21H25F/c1-15(13-20-14-16(2)6-8-18(20)4)5-7-17(3)19-9-11-21(22)12-10-19/h5,7,9-12,14H,6,8,13H2,1-4H3/b15-5+,17-7+. The number of benzene rings is 1. The van der Waals surface area contributed by atoms with Crippen molar-refractivity contribution < 1.29 is 4.39 Å². The molecule has 22 heavy (non-hydrogen) atoms. The Morgan fingerprint density at radius 2 is 1.73 bits per heavy atom. The Hall–Kier alpha value is -1.89. The Balaban J connectivity index is 2.09. The van der Waals surface area contributed by atoms with Crippen LogP contribution < -0.4 is 0 Å². The normalized spacial score (nSPS) is 16.9. The molecule has 0 saturated carbocycles. The molecule has 0 aliphatic heterocycles. The van der Waals surface area contributed by atoms with Gasteiger partial charge in [-0.3, -0.25) is 0 Å². The van der Waals surface area contributed by atoms with Crippen molar-refractivity contribution in [1.82, 2.24) is 0 Å². The van der Waals surface area contributed by atoms with Gasteiger partial charge < -0.3 is 0 Å². The Morgan fingerprint density at radius 1 is 1.05 bits per heavy atom. The molecular weight excluding hydrogens is 271 g/mol. The van der Waals surface area contributed by atoms with Crippen LogP contribution in [0.4, 0.5) is 4.39 Å². The molecule has 0 fully saturated rings. The lowest BCUT2D eigenvalue weighted by Crippen LogP contribution is -1.96. The molecule has 1 heteroatoms. The van der Waals surface area contributed by atoms with Gasteiger partial charge in [-0.15, -0.1) is 0 Å². The van der Waals surface area contributed by atoms with Gasteiger partial charge in [0.2, 0.25) is 0 Å². The predicted octanol–water partition coefficient (Wildman–Crippen LogP) is 6.62. The second kappa shape index (κ2) is 7.40. The first-order valence-corrected chi connectivity index (χ1v) is 7.91. The molecule has 0 bridgehead atoms. The van der Waals surface area contributed by atoms with Crippen molar-refractivity contribution >= 4 is 5.57 Å². The molecule has 1 aliphatic rings. The smallest absolute Gasteiger partial charge is 0.123 e. The second-order valence-corrected chi connectivity index (χ2v) is 6.34. The van der Waals surface area contributed by atoms with E-state index in [9.17, 15) is 4.39 Å². The van der Waals surface area contributed by atoms with Crippen LogP contribution >= 0.6 is 0 Å². The molecule has 0 unspecified atom stereocenters. The third kappa shape index (κ3) is 4.56. The Bertz CT molecular complexity index is 652. The van der Waals surface area contributed by atoms with Gasteiger partial charge in [0.15, 0.2) is 0 Å². The van der Waals surface area contributed by atoms with E-state index in [0.717, 1.165) is 17.6 Å². The number of halogens is 1. The summed E-state index contributed by atoms with van der Waals surface area (Å²) in [5.74, 6) is -0.190. The predicted molar refractivity (Wildman–Crippen MR) is 94.1 cm³/mol. The van der Waals surface area contributed by atoms with E-state index in [0.29, 0.717) is 0 Å². The van der Waals surface area contributed by atoms with Crippen LogP contribution in [-0.4, -0.2) is 0 Å². The summed E-state index contributed by atoms with van der Waals surface area (Å²) in [6.07, 6.45) is 10.0. The van der Waals surface area contributed by atoms with Crippen LogP contribution in [0, 0.1) is 5.82 Å². The maximum absolute atomic E-state index is 13.0. The van der Waals surface area contributed by atoms with Crippen molar-refractivity contribution in [3.63, 3.8) is 0 Å². The summed E-state index contributed by atoms with van der Waals surface area (Å²) in [5.41, 5.74) is 8.02. The van der Waals surface area contributed by atoms with Gasteiger partial charge in [0, 0.05) is 0 Å². The molecular formula is C21H25F. The molecule has 0 nitrogen and oxygen atoms in total. The van der Waals surface area contributed by atoms with Crippen LogP contribution in [0.2, 0.25) is 0 Å². The average molecular weight is 296 g/mol. The van der Waals surface area contributed by atoms with Crippen LogP contribution in [0.1, 0.15) is 52.5 Å². The van der Waals surface area contributed by atoms with Gasteiger partial charge in [0.1, 0.15) is 5.82 Å². The van der Waals surface area contributed by atoms with Crippen LogP contribution in [0.15, 0.2) is 64.8 Å². The molecule has 2 rings (SSSR count). The zero-order chi connectivity index (χ0) is 16.1. The molecule has 0 radical (unpaired) electrons. The third-order valence-corrected chi connectivity index (χ3v) is 4.25. The second-order valence-electron chi connectivity index (χ2n) is 6.34. The van der Waals surface area contributed by atoms with Gasteiger partial charge >= 0.3 is 0 Å². The summed E-state index contributed by atoms with van der Waals surface area (Å²) in [4.78, 5) is 0. The van der Waals surface area contributed by atoms with Crippen LogP contribution in [0.3, 0.4) is 0 Å². The van der Waals surface area contributed by atoms with Gasteiger partial charge in [-0.1, -0.05) is 47.1 Å². The summed E-state index contributed by atoms with van der Waals surface area (Å²) in [7, 11) is 0. The van der Waals surface area contributed by atoms with Crippen molar-refractivity contribution in [2.24, 2.45) is 0 Å². The first kappa shape index (κ1) is 16.5. The maximum Gasteiger partial charge on any atom is 0.123 e. The van der Waals surface area contributed by atoms with E-state index in [2.05, 4.69) is 45.9 Å². The monoisotopic (exact) mass is 296 g/mol. The zero-order valence-corrected chi connectivity index (χ0v) is 14.0. The van der Waals surface area contributed by atoms with Gasteiger partial charge in [-0.05, 0) is 75.8 Å². The van der Waals surface area contributed by atoms with E-state index in [-0.39, 0.29) is 5.82 Å². The SMILES string of the molecule is CC1=CC(C/C(C)=C/C=C(\C)c2ccc(F)cc2)=C(C)CC1. The fraction of sp³-hybridized carbons (Fsp3) is 0.333. The summed E-state index contributed by atoms with van der Waals surface area (Å²) >= 11 is 0. The molecule has 0 saturated heterocycles. The van der Waals surface area contributed by atoms with E-state index in [4.69, 9.17) is 0 Å². The van der Waals surface area contributed by atoms with Crippen LogP contribution in [0.5, 0.6) is 0 Å². The van der Waals surface area contributed by atoms with E-state index in [1.54, 1.807) is 0 Å². The van der Waals surface area contributed by atoms with Gasteiger partial charge in [0.25, 0.3) is 0 Å². The zero-order valence-electron chi connectivity index (χ0n) is 14.0. The van der Waals surface area contributed by atoms with E-state index >= 15 is 0 Å². The molecule has 0 spiro atoms. The molecule has 0 N–H and O–H groups in total. The van der Waals surface area contributed by atoms with Crippen molar-refractivity contribution in [2.75, 3.05) is 0 Å². The Morgan fingerprint density at radius 3 is 2.41 bits per heavy atom. The minimum atomic E-state index is -0.190. The molecule has 0 atom stereocenters. The lowest BCUT2D eigenvalue weighted by molar-refractivity contribution is 0.627. The van der Waals surface area contributed by atoms with Crippen molar-refractivity contribution in [1.29, 1.82) is 0 Å². The van der Waals surface area contributed by atoms with Crippen molar-refractivity contribution in [3.8, 4) is 0 Å². The largest absolute Gasteiger partial charge is 0.207 e. The van der Waals surface area contributed by atoms with Crippen LogP contribution in [0.25, 0.3) is 5.57 Å². The quantitative estimate of drug-likeness (QED) is 0.547. The van der Waals surface area contributed by atoms with Gasteiger partial charge in [-0.25, -0.2) is 4.39 Å². The third-order valence-electron chi connectivity index (χ3n) is 4.25. The molecule has 0 heterocycles. The molecule has 0 amide bonds. The number of hydrogen-bond donors (Lipinski definition) is 0. The Labute approximate surface area is 133 Å². The van der Waals surface area contributed by atoms with Crippen molar-refractivity contribution in [2.45, 2.75) is 47.0 Å². The lowest BCUT2D eigenvalue weighted by Gasteiger charge is -2.16. The number of rotatable bonds is 4. The fourth-order valence-electron chi connectivity index (χ4n) is 2.68. The number of allylic oxidation sites excluding steroid dienone is 8. The number of hydrogen-bond acceptors (Lipinski definition) is 0. The van der Waals surface area contributed by atoms with E-state index in [1.807, 2.05) is 12.1 Å². The molecule has 0 aromatic heterocycles. The molecule has 1 aliphatic carbocycles. The molecule has 1 aromatic carbocycles. The molecule has 116 valence electrons. The molecule has 1 aromatic rings. The minimum Gasteiger partial charge on any atom is -0.207 e. The van der Waals surface area contributed by atoms with E-state index < -0.39 is 0 Å². The van der Waals surface area contributed by atoms with E-state index in [1.165, 1.54) is 47.3 Å². The maximum atomic E-state index is 13.0. The summed E-state index contributed by atoms with van der Waals surface area (Å²) in [6.45, 7) is 8.69. The van der Waals surface area contributed by atoms with Crippen molar-refractivity contribution in [3.05, 3.63) is 76.2 Å². The summed E-state index contributed by atoms with van der Waals surface area (Å²) < 4.78 is 13.0. The minimum absolute atomic E-state index is 0.190. The average Bonchev–Trinajstić information content (AvgIpc) is 2.49. The fourth-order valence-corrected chi connectivity index (χ4v) is 2.68. The highest BCUT2D eigenvalue weighted by atomic mass is 19.1. The highest BCUT2D eigenvalue weighted by Crippen LogP contribution is 2.27. The van der Waals surface area contributed by atoms with Crippen LogP contribution in [-0.2, 0) is 0 Å². The Kier molecular flexibility index (Phi) is 5.54. The summed E-state index contributed by atoms with van der Waals surface area (Å²) in [6, 6.07) is 6.66. The highest BCUT2D eigenvalue weighted by molar-refractivity contribution is 5.65. The summed E-state index contributed by atoms with van der Waals surface area (Å²) in [5, 5.41) is 0. The first-order chi connectivity index (χ1) is 10.5.